The molecular weight excluding hydrogens is 813 g/mol. The summed E-state index contributed by atoms with van der Waals surface area (Å²) < 4.78 is 2.44. The summed E-state index contributed by atoms with van der Waals surface area (Å²) in [5, 5.41) is 2.37. The highest BCUT2D eigenvalue weighted by molar-refractivity contribution is 6.14. The minimum absolute atomic E-state index is 0.0595. The molecule has 1 aromatic heterocycles. The number of para-hydroxylation sites is 1. The Bertz CT molecular complexity index is 3470. The van der Waals surface area contributed by atoms with E-state index in [0.717, 1.165) is 39.5 Å². The summed E-state index contributed by atoms with van der Waals surface area (Å²) in [6.07, 6.45) is 2.09. The van der Waals surface area contributed by atoms with Crippen molar-refractivity contribution >= 4 is 45.2 Å². The van der Waals surface area contributed by atoms with Crippen LogP contribution in [-0.2, 0) is 10.8 Å². The number of rotatable bonds is 8. The quantitative estimate of drug-likeness (QED) is 0.150. The van der Waals surface area contributed by atoms with Crippen molar-refractivity contribution in [1.29, 1.82) is 0 Å². The van der Waals surface area contributed by atoms with Gasteiger partial charge in [-0.1, -0.05) is 185 Å². The summed E-state index contributed by atoms with van der Waals surface area (Å²) in [7, 11) is 0. The molecule has 12 rings (SSSR count). The first-order valence-electron chi connectivity index (χ1n) is 23.4. The topological polar surface area (TPSA) is 32.9 Å². The number of aromatic nitrogens is 1. The molecule has 0 amide bonds. The molecule has 0 bridgehead atoms. The average molecular weight is 863 g/mol. The fourth-order valence-corrected chi connectivity index (χ4v) is 10.8. The lowest BCUT2D eigenvalue weighted by Gasteiger charge is -2.34. The van der Waals surface area contributed by atoms with Crippen LogP contribution in [0.5, 0.6) is 0 Å². The molecule has 10 aromatic rings. The second kappa shape index (κ2) is 16.1. The Hall–Kier alpha value is -8.08. The van der Waals surface area contributed by atoms with Gasteiger partial charge in [0.25, 0.3) is 0 Å². The van der Waals surface area contributed by atoms with Crippen molar-refractivity contribution in [3.8, 4) is 27.9 Å². The SMILES string of the molecule is CC(C)(C)c1ccc(N(c2ccc(-c3ccccc3)cc2)C2C=NC(c3ccc4c(c3)c3ccccc3n4-c3ccc4c(c3)C(c3ccccc3)(c3ccccc3)c3ccccc3-4)=NC2)cc1. The van der Waals surface area contributed by atoms with Crippen molar-refractivity contribution in [3.63, 3.8) is 0 Å². The van der Waals surface area contributed by atoms with Gasteiger partial charge in [-0.15, -0.1) is 0 Å². The van der Waals surface area contributed by atoms with Crippen LogP contribution in [0.1, 0.15) is 54.2 Å². The van der Waals surface area contributed by atoms with Gasteiger partial charge in [0, 0.05) is 39.6 Å². The molecule has 4 nitrogen and oxygen atoms in total. The summed E-state index contributed by atoms with van der Waals surface area (Å²) in [5.74, 6) is 0.753. The number of benzene rings is 9. The molecule has 0 saturated carbocycles. The van der Waals surface area contributed by atoms with E-state index in [9.17, 15) is 0 Å². The van der Waals surface area contributed by atoms with Crippen molar-refractivity contribution in [2.75, 3.05) is 11.4 Å². The fraction of sp³-hybridized carbons (Fsp3) is 0.111. The maximum Gasteiger partial charge on any atom is 0.154 e. The van der Waals surface area contributed by atoms with Crippen molar-refractivity contribution in [2.24, 2.45) is 9.98 Å². The summed E-state index contributed by atoms with van der Waals surface area (Å²) in [6, 6.07) is 82.0. The molecule has 1 aliphatic heterocycles. The largest absolute Gasteiger partial charge is 0.331 e. The number of nitrogens with zero attached hydrogens (tertiary/aromatic N) is 4. The highest BCUT2D eigenvalue weighted by Crippen LogP contribution is 2.56. The second-order valence-electron chi connectivity index (χ2n) is 18.9. The summed E-state index contributed by atoms with van der Waals surface area (Å²) >= 11 is 0. The predicted octanol–water partition coefficient (Wildman–Crippen LogP) is 15.1. The van der Waals surface area contributed by atoms with E-state index in [1.807, 2.05) is 0 Å². The minimum Gasteiger partial charge on any atom is -0.331 e. The van der Waals surface area contributed by atoms with E-state index in [2.05, 4.69) is 261 Å². The van der Waals surface area contributed by atoms with E-state index >= 15 is 0 Å². The molecule has 2 aliphatic rings. The number of hydrogen-bond acceptors (Lipinski definition) is 3. The maximum absolute atomic E-state index is 5.23. The zero-order valence-electron chi connectivity index (χ0n) is 38.0. The lowest BCUT2D eigenvalue weighted by Crippen LogP contribution is -2.37. The van der Waals surface area contributed by atoms with Gasteiger partial charge < -0.3 is 9.47 Å². The molecule has 0 radical (unpaired) electrons. The first kappa shape index (κ1) is 40.4. The Morgan fingerprint density at radius 1 is 0.493 bits per heavy atom. The highest BCUT2D eigenvalue weighted by atomic mass is 15.2. The van der Waals surface area contributed by atoms with Crippen molar-refractivity contribution in [3.05, 3.63) is 258 Å². The minimum atomic E-state index is -0.484. The average Bonchev–Trinajstić information content (AvgIpc) is 3.87. The Morgan fingerprint density at radius 3 is 1.73 bits per heavy atom. The molecule has 1 aliphatic carbocycles. The molecule has 0 saturated heterocycles. The van der Waals surface area contributed by atoms with E-state index in [1.54, 1.807) is 0 Å². The number of anilines is 2. The fourth-order valence-electron chi connectivity index (χ4n) is 10.8. The van der Waals surface area contributed by atoms with Crippen LogP contribution in [0.4, 0.5) is 11.4 Å². The molecule has 1 unspecified atom stereocenters. The van der Waals surface area contributed by atoms with Crippen LogP contribution >= 0.6 is 0 Å². The molecule has 322 valence electrons. The van der Waals surface area contributed by atoms with Gasteiger partial charge in [-0.2, -0.15) is 0 Å². The number of hydrogen-bond donors (Lipinski definition) is 0. The van der Waals surface area contributed by atoms with Gasteiger partial charge in [-0.3, -0.25) is 4.99 Å². The Labute approximate surface area is 392 Å². The van der Waals surface area contributed by atoms with Crippen molar-refractivity contribution in [1.82, 2.24) is 4.57 Å². The highest BCUT2D eigenvalue weighted by Gasteiger charge is 2.46. The van der Waals surface area contributed by atoms with E-state index in [1.165, 1.54) is 60.8 Å². The second-order valence-corrected chi connectivity index (χ2v) is 18.9. The van der Waals surface area contributed by atoms with Crippen LogP contribution in [-0.4, -0.2) is 29.2 Å². The zero-order valence-corrected chi connectivity index (χ0v) is 38.0. The Morgan fingerprint density at radius 2 is 1.06 bits per heavy atom. The predicted molar refractivity (Wildman–Crippen MR) is 281 cm³/mol. The van der Waals surface area contributed by atoms with Crippen LogP contribution in [0.15, 0.2) is 234 Å². The first-order valence-corrected chi connectivity index (χ1v) is 23.4. The molecule has 2 heterocycles. The van der Waals surface area contributed by atoms with Gasteiger partial charge in [0.2, 0.25) is 0 Å². The van der Waals surface area contributed by atoms with Crippen LogP contribution in [0.3, 0.4) is 0 Å². The third-order valence-electron chi connectivity index (χ3n) is 14.0. The number of fused-ring (bicyclic) bond motifs is 6. The van der Waals surface area contributed by atoms with Crippen LogP contribution in [0, 0.1) is 0 Å². The lowest BCUT2D eigenvalue weighted by molar-refractivity contribution is 0.590. The molecule has 0 spiro atoms. The first-order chi connectivity index (χ1) is 32.9. The molecule has 9 aromatic carbocycles. The van der Waals surface area contributed by atoms with Gasteiger partial charge in [0.05, 0.1) is 29.0 Å². The maximum atomic E-state index is 5.23. The molecule has 0 fully saturated rings. The van der Waals surface area contributed by atoms with Gasteiger partial charge in [0.1, 0.15) is 0 Å². The van der Waals surface area contributed by atoms with E-state index in [-0.39, 0.29) is 11.5 Å². The summed E-state index contributed by atoms with van der Waals surface area (Å²) in [6.45, 7) is 7.35. The van der Waals surface area contributed by atoms with Gasteiger partial charge in [0.15, 0.2) is 5.84 Å². The zero-order chi connectivity index (χ0) is 45.1. The molecule has 0 N–H and O–H groups in total. The van der Waals surface area contributed by atoms with Crippen molar-refractivity contribution in [2.45, 2.75) is 37.6 Å². The van der Waals surface area contributed by atoms with E-state index in [0.29, 0.717) is 6.54 Å². The smallest absolute Gasteiger partial charge is 0.154 e. The normalized spacial score (nSPS) is 15.0. The molecule has 4 heteroatoms. The Balaban J connectivity index is 0.926. The molecular formula is C63H50N4. The van der Waals surface area contributed by atoms with Gasteiger partial charge in [-0.25, -0.2) is 4.99 Å². The van der Waals surface area contributed by atoms with Crippen molar-refractivity contribution < 1.29 is 0 Å². The summed E-state index contributed by atoms with van der Waals surface area (Å²) in [5.41, 5.74) is 17.6. The summed E-state index contributed by atoms with van der Waals surface area (Å²) in [4.78, 5) is 12.7. The molecule has 67 heavy (non-hydrogen) atoms. The third kappa shape index (κ3) is 6.74. The lowest BCUT2D eigenvalue weighted by atomic mass is 9.67. The van der Waals surface area contributed by atoms with Gasteiger partial charge >= 0.3 is 0 Å². The standard InChI is InChI=1S/C63H50N4/c1-62(2,3)46-30-34-50(35-31-46)66(49-32-27-44(28-33-49)43-17-7-4-8-18-43)52-41-64-61(65-42-52)45-29-38-60-56(39-45)55-24-14-16-26-59(55)67(60)51-36-37-54-53-23-13-15-25-57(53)63(58(54)40-51,47-19-9-5-10-20-47)48-21-11-6-12-22-48/h4-41,52H,42H2,1-3H3. The monoisotopic (exact) mass is 862 g/mol. The number of amidine groups is 1. The third-order valence-corrected chi connectivity index (χ3v) is 14.0. The van der Waals surface area contributed by atoms with Crippen LogP contribution in [0.2, 0.25) is 0 Å². The number of aliphatic imine (C=N–C) groups is 2. The Kier molecular flexibility index (Phi) is 9.72. The van der Waals surface area contributed by atoms with Gasteiger partial charge in [-0.05, 0) is 116 Å². The van der Waals surface area contributed by atoms with Crippen LogP contribution in [0.25, 0.3) is 49.7 Å². The van der Waals surface area contributed by atoms with E-state index < -0.39 is 5.41 Å². The molecule has 1 atom stereocenters. The van der Waals surface area contributed by atoms with E-state index in [4.69, 9.17) is 9.98 Å². The van der Waals surface area contributed by atoms with Crippen LogP contribution < -0.4 is 4.90 Å².